The van der Waals surface area contributed by atoms with Crippen molar-refractivity contribution in [2.24, 2.45) is 0 Å². The topological polar surface area (TPSA) is 98.7 Å². The molecule has 0 radical (unpaired) electrons. The largest absolute Gasteiger partial charge is 0.348 e. The van der Waals surface area contributed by atoms with Gasteiger partial charge in [0.05, 0.1) is 0 Å². The van der Waals surface area contributed by atoms with Gasteiger partial charge < -0.3 is 9.84 Å². The smallest absolute Gasteiger partial charge is 0.271 e. The van der Waals surface area contributed by atoms with E-state index in [1.54, 1.807) is 36.3 Å². The van der Waals surface area contributed by atoms with Gasteiger partial charge >= 0.3 is 0 Å². The molecule has 4 rings (SSSR count). The predicted octanol–water partition coefficient (Wildman–Crippen LogP) is 2.30. The molecule has 0 aromatic carbocycles. The van der Waals surface area contributed by atoms with Crippen molar-refractivity contribution in [1.29, 1.82) is 0 Å². The van der Waals surface area contributed by atoms with Crippen LogP contribution >= 0.6 is 0 Å². The maximum atomic E-state index is 12.3. The highest BCUT2D eigenvalue weighted by molar-refractivity contribution is 5.92. The monoisotopic (exact) mass is 338 g/mol. The van der Waals surface area contributed by atoms with Crippen LogP contribution in [0.3, 0.4) is 0 Å². The van der Waals surface area contributed by atoms with Gasteiger partial charge in [0.1, 0.15) is 17.8 Å². The number of pyridine rings is 1. The van der Waals surface area contributed by atoms with Crippen LogP contribution < -0.4 is 5.32 Å². The lowest BCUT2D eigenvalue weighted by Gasteiger charge is -2.09. The number of rotatable bonds is 4. The van der Waals surface area contributed by atoms with Crippen molar-refractivity contribution >= 4 is 5.91 Å². The first-order valence-corrected chi connectivity index (χ1v) is 8.31. The number of hydrogen-bond donors (Lipinski definition) is 1. The molecule has 0 atom stereocenters. The number of aryl methyl sites for hydroxylation is 1. The average Bonchev–Trinajstić information content (AvgIpc) is 3.36. The Bertz CT molecular complexity index is 894. The van der Waals surface area contributed by atoms with Gasteiger partial charge in [-0.2, -0.15) is 4.98 Å². The van der Waals surface area contributed by atoms with Crippen LogP contribution in [-0.4, -0.2) is 36.6 Å². The van der Waals surface area contributed by atoms with E-state index in [4.69, 9.17) is 4.52 Å². The molecule has 1 amide bonds. The summed E-state index contributed by atoms with van der Waals surface area (Å²) >= 11 is 0. The van der Waals surface area contributed by atoms with Crippen molar-refractivity contribution in [3.63, 3.8) is 0 Å². The van der Waals surface area contributed by atoms with E-state index in [9.17, 15) is 4.79 Å². The molecule has 0 spiro atoms. The molecule has 8 heteroatoms. The molecular weight excluding hydrogens is 320 g/mol. The van der Waals surface area contributed by atoms with Gasteiger partial charge in [-0.15, -0.1) is 0 Å². The van der Waals surface area contributed by atoms with Crippen molar-refractivity contribution in [3.05, 3.63) is 42.4 Å². The Labute approximate surface area is 144 Å². The third kappa shape index (κ3) is 3.28. The number of aromatic nitrogens is 5. The van der Waals surface area contributed by atoms with Crippen molar-refractivity contribution in [1.82, 2.24) is 30.0 Å². The number of carbonyl (C=O) groups is 1. The molecule has 1 saturated carbocycles. The first-order valence-electron chi connectivity index (χ1n) is 8.31. The Morgan fingerprint density at radius 1 is 1.32 bits per heavy atom. The minimum Gasteiger partial charge on any atom is -0.348 e. The van der Waals surface area contributed by atoms with Crippen molar-refractivity contribution < 1.29 is 9.32 Å². The van der Waals surface area contributed by atoms with E-state index in [1.807, 2.05) is 6.07 Å². The Balaban J connectivity index is 1.54. The molecule has 1 aliphatic rings. The molecule has 1 N–H and O–H groups in total. The van der Waals surface area contributed by atoms with Gasteiger partial charge in [-0.3, -0.25) is 9.36 Å². The predicted molar refractivity (Wildman–Crippen MR) is 89.1 cm³/mol. The molecule has 3 heterocycles. The van der Waals surface area contributed by atoms with E-state index in [-0.39, 0.29) is 11.9 Å². The summed E-state index contributed by atoms with van der Waals surface area (Å²) in [5, 5.41) is 6.82. The van der Waals surface area contributed by atoms with Crippen molar-refractivity contribution in [3.8, 4) is 17.3 Å². The molecule has 0 bridgehead atoms. The molecule has 0 aliphatic heterocycles. The Morgan fingerprint density at radius 2 is 2.16 bits per heavy atom. The lowest BCUT2D eigenvalue weighted by Crippen LogP contribution is -2.32. The normalized spacial score (nSPS) is 14.8. The summed E-state index contributed by atoms with van der Waals surface area (Å²) in [5.41, 5.74) is 1.14. The van der Waals surface area contributed by atoms with Gasteiger partial charge in [-0.1, -0.05) is 18.0 Å². The highest BCUT2D eigenvalue weighted by Gasteiger charge is 2.19. The Morgan fingerprint density at radius 3 is 2.92 bits per heavy atom. The number of nitrogens with zero attached hydrogens (tertiary/aromatic N) is 5. The molecular formula is C17H18N6O2. The van der Waals surface area contributed by atoms with Crippen LogP contribution in [0.25, 0.3) is 17.3 Å². The maximum Gasteiger partial charge on any atom is 0.271 e. The SMILES string of the molecule is Cc1noc(-c2ccnc(-n3cnc(C(=O)NC4CCCC4)c3)c2)n1. The van der Waals surface area contributed by atoms with Gasteiger partial charge in [-0.25, -0.2) is 9.97 Å². The molecule has 3 aromatic heterocycles. The van der Waals surface area contributed by atoms with Crippen LogP contribution in [0.4, 0.5) is 0 Å². The van der Waals surface area contributed by atoms with E-state index in [0.717, 1.165) is 18.4 Å². The zero-order chi connectivity index (χ0) is 17.2. The second kappa shape index (κ2) is 6.46. The second-order valence-electron chi connectivity index (χ2n) is 6.17. The minimum atomic E-state index is -0.144. The fraction of sp³-hybridized carbons (Fsp3) is 0.353. The summed E-state index contributed by atoms with van der Waals surface area (Å²) in [6.45, 7) is 1.76. The number of imidazole rings is 1. The van der Waals surface area contributed by atoms with Crippen LogP contribution in [0, 0.1) is 6.92 Å². The standard InChI is InChI=1S/C17H18N6O2/c1-11-20-17(25-22-11)12-6-7-18-15(8-12)23-9-14(19-10-23)16(24)21-13-4-2-3-5-13/h6-10,13H,2-5H2,1H3,(H,21,24). The van der Waals surface area contributed by atoms with Crippen LogP contribution in [0.1, 0.15) is 42.0 Å². The van der Waals surface area contributed by atoms with Gasteiger partial charge in [0, 0.05) is 24.0 Å². The number of hydrogen-bond acceptors (Lipinski definition) is 6. The molecule has 128 valence electrons. The fourth-order valence-corrected chi connectivity index (χ4v) is 3.00. The van der Waals surface area contributed by atoms with E-state index >= 15 is 0 Å². The third-order valence-corrected chi connectivity index (χ3v) is 4.29. The number of nitrogens with one attached hydrogen (secondary N) is 1. The summed E-state index contributed by atoms with van der Waals surface area (Å²) in [7, 11) is 0. The molecule has 3 aromatic rings. The molecule has 0 saturated heterocycles. The first kappa shape index (κ1) is 15.5. The van der Waals surface area contributed by atoms with Crippen LogP contribution in [-0.2, 0) is 0 Å². The quantitative estimate of drug-likeness (QED) is 0.783. The summed E-state index contributed by atoms with van der Waals surface area (Å²) < 4.78 is 6.89. The van der Waals surface area contributed by atoms with Crippen molar-refractivity contribution in [2.75, 3.05) is 0 Å². The van der Waals surface area contributed by atoms with E-state index in [2.05, 4.69) is 25.4 Å². The first-order chi connectivity index (χ1) is 12.2. The summed E-state index contributed by atoms with van der Waals surface area (Å²) in [6, 6.07) is 3.87. The zero-order valence-electron chi connectivity index (χ0n) is 13.8. The summed E-state index contributed by atoms with van der Waals surface area (Å²) in [5.74, 6) is 1.48. The van der Waals surface area contributed by atoms with Crippen LogP contribution in [0.5, 0.6) is 0 Å². The molecule has 0 unspecified atom stereocenters. The van der Waals surface area contributed by atoms with E-state index < -0.39 is 0 Å². The van der Waals surface area contributed by atoms with E-state index in [1.165, 1.54) is 12.8 Å². The zero-order valence-corrected chi connectivity index (χ0v) is 13.8. The van der Waals surface area contributed by atoms with Gasteiger partial charge in [-0.05, 0) is 31.9 Å². The second-order valence-corrected chi connectivity index (χ2v) is 6.17. The average molecular weight is 338 g/mol. The number of amides is 1. The number of carbonyl (C=O) groups excluding carboxylic acids is 1. The highest BCUT2D eigenvalue weighted by atomic mass is 16.5. The van der Waals surface area contributed by atoms with Gasteiger partial charge in [0.2, 0.25) is 0 Å². The highest BCUT2D eigenvalue weighted by Crippen LogP contribution is 2.20. The van der Waals surface area contributed by atoms with Gasteiger partial charge in [0.25, 0.3) is 11.8 Å². The molecule has 1 aliphatic carbocycles. The van der Waals surface area contributed by atoms with Gasteiger partial charge in [0.15, 0.2) is 5.82 Å². The molecule has 8 nitrogen and oxygen atoms in total. The minimum absolute atomic E-state index is 0.144. The Kier molecular flexibility index (Phi) is 4.01. The summed E-state index contributed by atoms with van der Waals surface area (Å²) in [4.78, 5) is 25.0. The molecule has 25 heavy (non-hydrogen) atoms. The van der Waals surface area contributed by atoms with E-state index in [0.29, 0.717) is 23.2 Å². The molecule has 1 fully saturated rings. The fourth-order valence-electron chi connectivity index (χ4n) is 3.00. The lowest BCUT2D eigenvalue weighted by molar-refractivity contribution is 0.0933. The van der Waals surface area contributed by atoms with Crippen LogP contribution in [0.15, 0.2) is 35.4 Å². The maximum absolute atomic E-state index is 12.3. The lowest BCUT2D eigenvalue weighted by atomic mass is 10.2. The van der Waals surface area contributed by atoms with Crippen LogP contribution in [0.2, 0.25) is 0 Å². The third-order valence-electron chi connectivity index (χ3n) is 4.29. The Hall–Kier alpha value is -3.03. The summed E-state index contributed by atoms with van der Waals surface area (Å²) in [6.07, 6.45) is 9.34. The van der Waals surface area contributed by atoms with Crippen molar-refractivity contribution in [2.45, 2.75) is 38.6 Å².